The largest absolute Gasteiger partial charge is 0.493 e. The summed E-state index contributed by atoms with van der Waals surface area (Å²) in [5.41, 5.74) is 1.89. The Bertz CT molecular complexity index is 525. The average Bonchev–Trinajstić information content (AvgIpc) is 2.72. The fraction of sp³-hybridized carbons (Fsp3) is 0.250. The van der Waals surface area contributed by atoms with Crippen LogP contribution in [0.2, 0.25) is 0 Å². The minimum atomic E-state index is 0.379. The molecule has 0 aliphatic carbocycles. The standard InChI is InChI=1S/C12H10O3/c13-7-9-6-8-3-4-11-10(12(8)15-9)2-1-5-14-11/h3-4,6-7H,1-2,5H2. The topological polar surface area (TPSA) is 39.4 Å². The van der Waals surface area contributed by atoms with E-state index in [-0.39, 0.29) is 0 Å². The maximum absolute atomic E-state index is 10.6. The highest BCUT2D eigenvalue weighted by Crippen LogP contribution is 2.33. The van der Waals surface area contributed by atoms with E-state index in [1.54, 1.807) is 6.07 Å². The van der Waals surface area contributed by atoms with Crippen LogP contribution in [0.25, 0.3) is 11.0 Å². The second-order valence-electron chi connectivity index (χ2n) is 3.68. The molecule has 2 heterocycles. The molecule has 1 aromatic heterocycles. The van der Waals surface area contributed by atoms with Crippen molar-refractivity contribution in [3.8, 4) is 5.75 Å². The van der Waals surface area contributed by atoms with Crippen molar-refractivity contribution in [1.29, 1.82) is 0 Å². The molecule has 0 spiro atoms. The summed E-state index contributed by atoms with van der Waals surface area (Å²) >= 11 is 0. The fourth-order valence-corrected chi connectivity index (χ4v) is 2.02. The summed E-state index contributed by atoms with van der Waals surface area (Å²) in [6.07, 6.45) is 2.69. The van der Waals surface area contributed by atoms with Gasteiger partial charge in [-0.2, -0.15) is 0 Å². The van der Waals surface area contributed by atoms with Crippen molar-refractivity contribution in [2.45, 2.75) is 12.8 Å². The van der Waals surface area contributed by atoms with E-state index in [1.807, 2.05) is 12.1 Å². The number of furan rings is 1. The van der Waals surface area contributed by atoms with E-state index >= 15 is 0 Å². The van der Waals surface area contributed by atoms with Gasteiger partial charge in [0.05, 0.1) is 6.61 Å². The number of fused-ring (bicyclic) bond motifs is 3. The quantitative estimate of drug-likeness (QED) is 0.667. The lowest BCUT2D eigenvalue weighted by atomic mass is 10.0. The first-order chi connectivity index (χ1) is 7.38. The minimum Gasteiger partial charge on any atom is -0.493 e. The molecule has 0 radical (unpaired) electrons. The van der Waals surface area contributed by atoms with Gasteiger partial charge in [-0.15, -0.1) is 0 Å². The molecule has 15 heavy (non-hydrogen) atoms. The van der Waals surface area contributed by atoms with Gasteiger partial charge in [0.15, 0.2) is 12.0 Å². The predicted molar refractivity (Wildman–Crippen MR) is 55.4 cm³/mol. The van der Waals surface area contributed by atoms with Crippen LogP contribution in [-0.4, -0.2) is 12.9 Å². The van der Waals surface area contributed by atoms with Crippen LogP contribution >= 0.6 is 0 Å². The second-order valence-corrected chi connectivity index (χ2v) is 3.68. The molecule has 1 aliphatic heterocycles. The van der Waals surface area contributed by atoms with Gasteiger partial charge in [-0.05, 0) is 31.0 Å². The molecule has 0 fully saturated rings. The van der Waals surface area contributed by atoms with Crippen molar-refractivity contribution >= 4 is 17.3 Å². The number of carbonyl (C=O) groups excluding carboxylic acids is 1. The molecule has 0 saturated carbocycles. The number of carbonyl (C=O) groups is 1. The van der Waals surface area contributed by atoms with Gasteiger partial charge in [-0.3, -0.25) is 4.79 Å². The van der Waals surface area contributed by atoms with Gasteiger partial charge in [0.1, 0.15) is 11.3 Å². The van der Waals surface area contributed by atoms with Gasteiger partial charge in [-0.25, -0.2) is 0 Å². The van der Waals surface area contributed by atoms with Gasteiger partial charge in [-0.1, -0.05) is 0 Å². The Hall–Kier alpha value is -1.77. The highest BCUT2D eigenvalue weighted by atomic mass is 16.5. The van der Waals surface area contributed by atoms with Crippen molar-refractivity contribution in [1.82, 2.24) is 0 Å². The number of rotatable bonds is 1. The number of benzene rings is 1. The summed E-state index contributed by atoms with van der Waals surface area (Å²) < 4.78 is 11.0. The summed E-state index contributed by atoms with van der Waals surface area (Å²) in [6.45, 7) is 0.764. The lowest BCUT2D eigenvalue weighted by molar-refractivity contribution is 0.110. The molecular weight excluding hydrogens is 192 g/mol. The van der Waals surface area contributed by atoms with E-state index in [0.29, 0.717) is 5.76 Å². The molecule has 0 saturated heterocycles. The van der Waals surface area contributed by atoms with E-state index in [9.17, 15) is 4.79 Å². The molecular formula is C12H10O3. The Labute approximate surface area is 86.6 Å². The Morgan fingerprint density at radius 3 is 3.13 bits per heavy atom. The summed E-state index contributed by atoms with van der Waals surface area (Å²) in [7, 11) is 0. The molecule has 1 aromatic carbocycles. The summed E-state index contributed by atoms with van der Waals surface area (Å²) in [5, 5.41) is 0.973. The molecule has 0 N–H and O–H groups in total. The molecule has 2 aromatic rings. The lowest BCUT2D eigenvalue weighted by Gasteiger charge is -2.16. The van der Waals surface area contributed by atoms with Gasteiger partial charge < -0.3 is 9.15 Å². The molecule has 0 unspecified atom stereocenters. The maximum Gasteiger partial charge on any atom is 0.185 e. The third-order valence-electron chi connectivity index (χ3n) is 2.71. The first kappa shape index (κ1) is 8.53. The van der Waals surface area contributed by atoms with Crippen molar-refractivity contribution in [3.05, 3.63) is 29.5 Å². The summed E-state index contributed by atoms with van der Waals surface area (Å²) in [5.74, 6) is 1.27. The maximum atomic E-state index is 10.6. The lowest BCUT2D eigenvalue weighted by Crippen LogP contribution is -2.08. The van der Waals surface area contributed by atoms with Crippen LogP contribution in [0.1, 0.15) is 22.5 Å². The van der Waals surface area contributed by atoms with Crippen LogP contribution in [0.15, 0.2) is 22.6 Å². The molecule has 3 heteroatoms. The van der Waals surface area contributed by atoms with E-state index < -0.39 is 0 Å². The number of aryl methyl sites for hydroxylation is 1. The minimum absolute atomic E-state index is 0.379. The van der Waals surface area contributed by atoms with Gasteiger partial charge in [0.25, 0.3) is 0 Å². The highest BCUT2D eigenvalue weighted by molar-refractivity contribution is 5.88. The smallest absolute Gasteiger partial charge is 0.185 e. The fourth-order valence-electron chi connectivity index (χ4n) is 2.02. The normalized spacial score (nSPS) is 14.7. The zero-order valence-corrected chi connectivity index (χ0v) is 8.16. The molecule has 76 valence electrons. The van der Waals surface area contributed by atoms with Crippen LogP contribution < -0.4 is 4.74 Å². The zero-order chi connectivity index (χ0) is 10.3. The van der Waals surface area contributed by atoms with Crippen LogP contribution in [0.3, 0.4) is 0 Å². The van der Waals surface area contributed by atoms with Crippen LogP contribution in [0.4, 0.5) is 0 Å². The van der Waals surface area contributed by atoms with Crippen molar-refractivity contribution in [3.63, 3.8) is 0 Å². The van der Waals surface area contributed by atoms with E-state index in [0.717, 1.165) is 48.0 Å². The highest BCUT2D eigenvalue weighted by Gasteiger charge is 2.16. The first-order valence-electron chi connectivity index (χ1n) is 5.02. The van der Waals surface area contributed by atoms with Crippen molar-refractivity contribution in [2.75, 3.05) is 6.61 Å². The number of aldehydes is 1. The van der Waals surface area contributed by atoms with Crippen LogP contribution in [0, 0.1) is 0 Å². The Morgan fingerprint density at radius 1 is 1.33 bits per heavy atom. The molecule has 3 nitrogen and oxygen atoms in total. The molecule has 0 atom stereocenters. The molecule has 3 rings (SSSR count). The van der Waals surface area contributed by atoms with E-state index in [2.05, 4.69) is 0 Å². The second kappa shape index (κ2) is 3.12. The third-order valence-corrected chi connectivity index (χ3v) is 2.71. The Balaban J connectivity index is 2.30. The van der Waals surface area contributed by atoms with Crippen LogP contribution in [0.5, 0.6) is 5.75 Å². The van der Waals surface area contributed by atoms with Crippen LogP contribution in [-0.2, 0) is 6.42 Å². The molecule has 0 bridgehead atoms. The van der Waals surface area contributed by atoms with Gasteiger partial charge >= 0.3 is 0 Å². The Morgan fingerprint density at radius 2 is 2.27 bits per heavy atom. The van der Waals surface area contributed by atoms with Crippen molar-refractivity contribution < 1.29 is 13.9 Å². The molecule has 1 aliphatic rings. The summed E-state index contributed by atoms with van der Waals surface area (Å²) in [4.78, 5) is 10.6. The number of hydrogen-bond donors (Lipinski definition) is 0. The third kappa shape index (κ3) is 1.23. The van der Waals surface area contributed by atoms with Gasteiger partial charge in [0, 0.05) is 10.9 Å². The zero-order valence-electron chi connectivity index (χ0n) is 8.16. The van der Waals surface area contributed by atoms with Crippen molar-refractivity contribution in [2.24, 2.45) is 0 Å². The average molecular weight is 202 g/mol. The van der Waals surface area contributed by atoms with Gasteiger partial charge in [0.2, 0.25) is 0 Å². The van der Waals surface area contributed by atoms with E-state index in [4.69, 9.17) is 9.15 Å². The van der Waals surface area contributed by atoms with E-state index in [1.165, 1.54) is 0 Å². The molecule has 0 amide bonds. The first-order valence-corrected chi connectivity index (χ1v) is 5.02. The monoisotopic (exact) mass is 202 g/mol. The Kier molecular flexibility index (Phi) is 1.78. The SMILES string of the molecule is O=Cc1cc2ccc3c(c2o1)CCCO3. The number of hydrogen-bond acceptors (Lipinski definition) is 3. The summed E-state index contributed by atoms with van der Waals surface area (Å²) in [6, 6.07) is 5.63. The number of ether oxygens (including phenoxy) is 1. The predicted octanol–water partition coefficient (Wildman–Crippen LogP) is 2.57.